The molecular formula is C13H25NO3Y-2. The molecule has 0 saturated carbocycles. The van der Waals surface area contributed by atoms with Crippen molar-refractivity contribution in [1.29, 1.82) is 0 Å². The van der Waals surface area contributed by atoms with E-state index in [9.17, 15) is 4.79 Å². The molecule has 1 amide bonds. The average Bonchev–Trinajstić information content (AvgIpc) is 2.27. The summed E-state index contributed by atoms with van der Waals surface area (Å²) in [7, 11) is 6.97. The van der Waals surface area contributed by atoms with Gasteiger partial charge in [-0.25, -0.2) is 0 Å². The molecule has 0 bridgehead atoms. The Bertz CT molecular complexity index is 236. The molecular weight excluding hydrogens is 307 g/mol. The Kier molecular flexibility index (Phi) is 11.9. The van der Waals surface area contributed by atoms with Gasteiger partial charge in [-0.05, 0) is 12.8 Å². The maximum absolute atomic E-state index is 11.9. The van der Waals surface area contributed by atoms with E-state index >= 15 is 0 Å². The van der Waals surface area contributed by atoms with Crippen LogP contribution in [-0.2, 0) is 47.0 Å². The molecule has 1 radical (unpaired) electrons. The van der Waals surface area contributed by atoms with Crippen molar-refractivity contribution in [1.82, 2.24) is 4.90 Å². The molecule has 0 heterocycles. The zero-order valence-corrected chi connectivity index (χ0v) is 15.0. The zero-order valence-electron chi connectivity index (χ0n) is 12.2. The van der Waals surface area contributed by atoms with Crippen LogP contribution in [0.3, 0.4) is 0 Å². The Hall–Kier alpha value is 0.494. The SMILES string of the molecule is [CH2-]C(C(OC)C(C)C)N([CH2-])C(=O)CC(C)OC.[Y]. The van der Waals surface area contributed by atoms with Crippen LogP contribution in [0, 0.1) is 19.9 Å². The standard InChI is InChI=1S/C13H25NO3.Y/c1-9(2)13(17-7)11(4)14(5)12(15)8-10(3)16-6;/h9-11,13H,4-5,8H2,1-3,6-7H3;/q-2;. The van der Waals surface area contributed by atoms with Crippen LogP contribution in [0.15, 0.2) is 0 Å². The molecule has 0 saturated heterocycles. The third kappa shape index (κ3) is 6.60. The summed E-state index contributed by atoms with van der Waals surface area (Å²) in [5.41, 5.74) is 0. The summed E-state index contributed by atoms with van der Waals surface area (Å²) >= 11 is 0. The summed E-state index contributed by atoms with van der Waals surface area (Å²) in [5, 5.41) is 0. The van der Waals surface area contributed by atoms with Crippen LogP contribution in [-0.4, -0.2) is 43.3 Å². The monoisotopic (exact) mass is 332 g/mol. The van der Waals surface area contributed by atoms with Crippen LogP contribution in [0.2, 0.25) is 0 Å². The van der Waals surface area contributed by atoms with Gasteiger partial charge in [-0.1, -0.05) is 13.8 Å². The van der Waals surface area contributed by atoms with Crippen molar-refractivity contribution >= 4 is 5.91 Å². The number of hydrogen-bond donors (Lipinski definition) is 0. The van der Waals surface area contributed by atoms with Gasteiger partial charge in [-0.2, -0.15) is 0 Å². The van der Waals surface area contributed by atoms with Crippen molar-refractivity contribution in [3.05, 3.63) is 14.0 Å². The number of rotatable bonds is 7. The van der Waals surface area contributed by atoms with Crippen molar-refractivity contribution in [2.24, 2.45) is 5.92 Å². The van der Waals surface area contributed by atoms with Crippen LogP contribution in [0.1, 0.15) is 27.2 Å². The van der Waals surface area contributed by atoms with Gasteiger partial charge < -0.3 is 21.3 Å². The second kappa shape index (κ2) is 10.3. The topological polar surface area (TPSA) is 38.8 Å². The largest absolute Gasteiger partial charge is 0.516 e. The molecule has 5 heteroatoms. The molecule has 4 nitrogen and oxygen atoms in total. The molecule has 0 aliphatic rings. The quantitative estimate of drug-likeness (QED) is 0.669. The van der Waals surface area contributed by atoms with Crippen molar-refractivity contribution in [3.63, 3.8) is 0 Å². The number of nitrogens with zero attached hydrogens (tertiary/aromatic N) is 1. The molecule has 0 spiro atoms. The van der Waals surface area contributed by atoms with Crippen LogP contribution >= 0.6 is 0 Å². The van der Waals surface area contributed by atoms with E-state index in [0.29, 0.717) is 6.42 Å². The number of amides is 1. The minimum atomic E-state index is -0.295. The van der Waals surface area contributed by atoms with E-state index in [0.717, 1.165) is 0 Å². The van der Waals surface area contributed by atoms with E-state index in [1.54, 1.807) is 14.2 Å². The fraction of sp³-hybridized carbons (Fsp3) is 0.769. The van der Waals surface area contributed by atoms with Gasteiger partial charge in [0.1, 0.15) is 0 Å². The molecule has 0 aromatic carbocycles. The van der Waals surface area contributed by atoms with Crippen molar-refractivity contribution in [2.45, 2.75) is 45.4 Å². The van der Waals surface area contributed by atoms with E-state index in [2.05, 4.69) is 14.0 Å². The van der Waals surface area contributed by atoms with E-state index < -0.39 is 0 Å². The summed E-state index contributed by atoms with van der Waals surface area (Å²) in [6.45, 7) is 9.87. The van der Waals surface area contributed by atoms with Gasteiger partial charge in [-0.15, -0.1) is 6.04 Å². The molecule has 105 valence electrons. The van der Waals surface area contributed by atoms with Gasteiger partial charge in [-0.3, -0.25) is 11.8 Å². The minimum absolute atomic E-state index is 0. The van der Waals surface area contributed by atoms with E-state index in [1.807, 2.05) is 20.8 Å². The van der Waals surface area contributed by atoms with Crippen LogP contribution in [0.25, 0.3) is 0 Å². The number of ether oxygens (including phenoxy) is 2. The third-order valence-electron chi connectivity index (χ3n) is 2.89. The Morgan fingerprint density at radius 1 is 1.22 bits per heavy atom. The van der Waals surface area contributed by atoms with E-state index in [1.165, 1.54) is 4.90 Å². The van der Waals surface area contributed by atoms with Crippen LogP contribution in [0.4, 0.5) is 0 Å². The molecule has 3 atom stereocenters. The molecule has 0 N–H and O–H groups in total. The minimum Gasteiger partial charge on any atom is -0.516 e. The first-order chi connectivity index (χ1) is 7.84. The van der Waals surface area contributed by atoms with Gasteiger partial charge in [0.05, 0.1) is 12.5 Å². The van der Waals surface area contributed by atoms with Gasteiger partial charge >= 0.3 is 0 Å². The fourth-order valence-corrected chi connectivity index (χ4v) is 1.68. The second-order valence-corrected chi connectivity index (χ2v) is 4.63. The molecule has 3 unspecified atom stereocenters. The number of hydrogen-bond acceptors (Lipinski definition) is 3. The molecule has 0 aliphatic carbocycles. The third-order valence-corrected chi connectivity index (χ3v) is 2.89. The smallest absolute Gasteiger partial charge is 0.194 e. The van der Waals surface area contributed by atoms with Crippen molar-refractivity contribution in [2.75, 3.05) is 14.2 Å². The van der Waals surface area contributed by atoms with Gasteiger partial charge in [0.15, 0.2) is 5.91 Å². The second-order valence-electron chi connectivity index (χ2n) is 4.63. The normalized spacial score (nSPS) is 15.8. The molecule has 0 aromatic heterocycles. The first kappa shape index (κ1) is 20.8. The maximum atomic E-state index is 11.9. The van der Waals surface area contributed by atoms with Gasteiger partial charge in [0, 0.05) is 53.0 Å². The predicted molar refractivity (Wildman–Crippen MR) is 68.1 cm³/mol. The molecule has 0 aliphatic heterocycles. The summed E-state index contributed by atoms with van der Waals surface area (Å²) in [6.07, 6.45) is 0.0777. The summed E-state index contributed by atoms with van der Waals surface area (Å²) in [6, 6.07) is -0.295. The fourth-order valence-electron chi connectivity index (χ4n) is 1.68. The Morgan fingerprint density at radius 3 is 2.06 bits per heavy atom. The van der Waals surface area contributed by atoms with Crippen LogP contribution < -0.4 is 0 Å². The average molecular weight is 332 g/mol. The summed E-state index contributed by atoms with van der Waals surface area (Å²) < 4.78 is 10.4. The van der Waals surface area contributed by atoms with Crippen molar-refractivity contribution < 1.29 is 47.0 Å². The molecule has 0 fully saturated rings. The first-order valence-corrected chi connectivity index (χ1v) is 5.86. The summed E-state index contributed by atoms with van der Waals surface area (Å²) in [4.78, 5) is 13.3. The van der Waals surface area contributed by atoms with E-state index in [-0.39, 0.29) is 62.8 Å². The molecule has 18 heavy (non-hydrogen) atoms. The number of carbonyl (C=O) groups excluding carboxylic acids is 1. The molecule has 0 rings (SSSR count). The Labute approximate surface area is 137 Å². The van der Waals surface area contributed by atoms with Crippen molar-refractivity contribution in [3.8, 4) is 0 Å². The zero-order chi connectivity index (χ0) is 13.6. The van der Waals surface area contributed by atoms with Gasteiger partial charge in [0.25, 0.3) is 0 Å². The first-order valence-electron chi connectivity index (χ1n) is 5.86. The number of methoxy groups -OCH3 is 2. The summed E-state index contributed by atoms with van der Waals surface area (Å²) in [5.74, 6) is 0.196. The Balaban J connectivity index is 0. The van der Waals surface area contributed by atoms with Crippen LogP contribution in [0.5, 0.6) is 0 Å². The Morgan fingerprint density at radius 2 is 1.72 bits per heavy atom. The van der Waals surface area contributed by atoms with Gasteiger partial charge in [0.2, 0.25) is 0 Å². The van der Waals surface area contributed by atoms with E-state index in [4.69, 9.17) is 9.47 Å². The maximum Gasteiger partial charge on any atom is 0.194 e. The number of carbonyl (C=O) groups is 1. The predicted octanol–water partition coefficient (Wildman–Crippen LogP) is 1.90. The molecule has 0 aromatic rings.